The van der Waals surface area contributed by atoms with E-state index in [0.29, 0.717) is 17.5 Å². The van der Waals surface area contributed by atoms with Crippen molar-refractivity contribution in [2.45, 2.75) is 44.3 Å². The molecule has 5 rings (SSSR count). The molecule has 0 aromatic heterocycles. The third-order valence-corrected chi connectivity index (χ3v) is 8.90. The second-order valence-electron chi connectivity index (χ2n) is 8.53. The first-order chi connectivity index (χ1) is 14.7. The van der Waals surface area contributed by atoms with Crippen LogP contribution in [0.2, 0.25) is 0 Å². The fourth-order valence-corrected chi connectivity index (χ4v) is 6.64. The molecule has 4 aliphatic rings. The summed E-state index contributed by atoms with van der Waals surface area (Å²) in [4.78, 5) is 4.82. The molecule has 162 valence electrons. The highest BCUT2D eigenvalue weighted by atomic mass is 31.1. The second-order valence-corrected chi connectivity index (χ2v) is 10.9. The molecule has 0 saturated carbocycles. The van der Waals surface area contributed by atoms with Crippen LogP contribution in [0.15, 0.2) is 24.3 Å². The summed E-state index contributed by atoms with van der Waals surface area (Å²) in [5.74, 6) is 1.10. The molecule has 0 radical (unpaired) electrons. The van der Waals surface area contributed by atoms with Crippen LogP contribution in [0.25, 0.3) is 0 Å². The standard InChI is InChI=1S/C20H30N4O4P2/c25-29(23-11-8-17(9-12-23)21-13-14-21)27-18-4-6-19(7-5-18)28-30(26)24-10-2-1-3-20(24)22-15-16-22/h4-7,17,20H,1-3,8-16H2/q+2. The molecule has 4 aliphatic heterocycles. The van der Waals surface area contributed by atoms with E-state index in [1.165, 1.54) is 19.5 Å². The Labute approximate surface area is 179 Å². The van der Waals surface area contributed by atoms with E-state index in [2.05, 4.69) is 9.80 Å². The predicted molar refractivity (Wildman–Crippen MR) is 115 cm³/mol. The van der Waals surface area contributed by atoms with E-state index in [1.54, 1.807) is 24.3 Å². The van der Waals surface area contributed by atoms with Gasteiger partial charge in [0.15, 0.2) is 11.5 Å². The van der Waals surface area contributed by atoms with E-state index < -0.39 is 16.4 Å². The van der Waals surface area contributed by atoms with Crippen molar-refractivity contribution >= 4 is 16.4 Å². The largest absolute Gasteiger partial charge is 0.668 e. The van der Waals surface area contributed by atoms with Gasteiger partial charge >= 0.3 is 16.4 Å². The summed E-state index contributed by atoms with van der Waals surface area (Å²) in [6.07, 6.45) is 5.65. The SMILES string of the molecule is O=[P+](Oc1ccc(O[P+](=O)N2CCCCC2N2CC2)cc1)N1CCC(N2CC2)CC1. The average Bonchev–Trinajstić information content (AvgIpc) is 3.68. The maximum absolute atomic E-state index is 12.8. The first-order valence-electron chi connectivity index (χ1n) is 11.1. The summed E-state index contributed by atoms with van der Waals surface area (Å²) < 4.78 is 40.7. The van der Waals surface area contributed by atoms with Crippen LogP contribution in [0.1, 0.15) is 32.1 Å². The number of hydrogen-bond donors (Lipinski definition) is 0. The smallest absolute Gasteiger partial charge is 0.298 e. The van der Waals surface area contributed by atoms with Crippen molar-refractivity contribution in [1.29, 1.82) is 0 Å². The van der Waals surface area contributed by atoms with Crippen molar-refractivity contribution < 1.29 is 18.2 Å². The van der Waals surface area contributed by atoms with E-state index in [0.717, 1.165) is 58.4 Å². The van der Waals surface area contributed by atoms with Gasteiger partial charge in [-0.1, -0.05) is 4.67 Å². The summed E-state index contributed by atoms with van der Waals surface area (Å²) in [7, 11) is -3.80. The van der Waals surface area contributed by atoms with Crippen molar-refractivity contribution in [2.24, 2.45) is 0 Å². The fourth-order valence-electron chi connectivity index (χ4n) is 4.47. The van der Waals surface area contributed by atoms with Crippen LogP contribution in [0.4, 0.5) is 0 Å². The van der Waals surface area contributed by atoms with Crippen molar-refractivity contribution in [1.82, 2.24) is 19.1 Å². The molecule has 0 amide bonds. The van der Waals surface area contributed by atoms with Gasteiger partial charge in [0.1, 0.15) is 6.17 Å². The van der Waals surface area contributed by atoms with Crippen molar-refractivity contribution in [3.05, 3.63) is 24.3 Å². The molecule has 0 aliphatic carbocycles. The third-order valence-electron chi connectivity index (χ3n) is 6.42. The van der Waals surface area contributed by atoms with Gasteiger partial charge in [0.05, 0.1) is 0 Å². The van der Waals surface area contributed by atoms with Crippen LogP contribution in [0.5, 0.6) is 11.5 Å². The van der Waals surface area contributed by atoms with Crippen molar-refractivity contribution in [2.75, 3.05) is 45.8 Å². The van der Waals surface area contributed by atoms with Gasteiger partial charge in [-0.2, -0.15) is 0 Å². The lowest BCUT2D eigenvalue weighted by Crippen LogP contribution is -2.40. The highest BCUT2D eigenvalue weighted by Crippen LogP contribution is 2.40. The Kier molecular flexibility index (Phi) is 6.33. The van der Waals surface area contributed by atoms with Crippen LogP contribution >= 0.6 is 16.4 Å². The molecule has 0 spiro atoms. The van der Waals surface area contributed by atoms with Crippen LogP contribution in [0, 0.1) is 0 Å². The van der Waals surface area contributed by atoms with Gasteiger partial charge in [0.2, 0.25) is 0 Å². The van der Waals surface area contributed by atoms with E-state index >= 15 is 0 Å². The van der Waals surface area contributed by atoms with Gasteiger partial charge in [0, 0.05) is 61.0 Å². The van der Waals surface area contributed by atoms with Gasteiger partial charge < -0.3 is 0 Å². The van der Waals surface area contributed by atoms with Gasteiger partial charge in [-0.3, -0.25) is 9.80 Å². The molecule has 4 heterocycles. The Balaban J connectivity index is 1.12. The molecule has 30 heavy (non-hydrogen) atoms. The Hall–Kier alpha value is -1.14. The zero-order chi connectivity index (χ0) is 20.5. The first kappa shape index (κ1) is 20.7. The average molecular weight is 452 g/mol. The van der Waals surface area contributed by atoms with Gasteiger partial charge in [-0.15, -0.1) is 0 Å². The lowest BCUT2D eigenvalue weighted by molar-refractivity contribution is 0.152. The Morgan fingerprint density at radius 3 is 1.90 bits per heavy atom. The number of benzene rings is 1. The lowest BCUT2D eigenvalue weighted by atomic mass is 10.1. The van der Waals surface area contributed by atoms with Crippen LogP contribution in [-0.2, 0) is 9.13 Å². The molecule has 3 unspecified atom stereocenters. The molecular weight excluding hydrogens is 422 g/mol. The monoisotopic (exact) mass is 452 g/mol. The summed E-state index contributed by atoms with van der Waals surface area (Å²) in [6, 6.07) is 7.63. The summed E-state index contributed by atoms with van der Waals surface area (Å²) in [5, 5.41) is 0. The predicted octanol–water partition coefficient (Wildman–Crippen LogP) is 3.67. The maximum Gasteiger partial charge on any atom is 0.668 e. The topological polar surface area (TPSA) is 65.1 Å². The van der Waals surface area contributed by atoms with Gasteiger partial charge in [0.25, 0.3) is 0 Å². The highest BCUT2D eigenvalue weighted by molar-refractivity contribution is 7.37. The Morgan fingerprint density at radius 1 is 0.700 bits per heavy atom. The van der Waals surface area contributed by atoms with Gasteiger partial charge in [-0.25, -0.2) is 9.05 Å². The minimum Gasteiger partial charge on any atom is -0.298 e. The summed E-state index contributed by atoms with van der Waals surface area (Å²) >= 11 is 0. The van der Waals surface area contributed by atoms with E-state index in [9.17, 15) is 9.13 Å². The number of piperidine rings is 2. The Bertz CT molecular complexity index is 780. The summed E-state index contributed by atoms with van der Waals surface area (Å²) in [6.45, 7) is 7.04. The van der Waals surface area contributed by atoms with E-state index in [1.807, 2.05) is 9.34 Å². The minimum absolute atomic E-state index is 0.245. The van der Waals surface area contributed by atoms with Gasteiger partial charge in [-0.05, 0) is 61.0 Å². The van der Waals surface area contributed by atoms with Crippen molar-refractivity contribution in [3.8, 4) is 11.5 Å². The fraction of sp³-hybridized carbons (Fsp3) is 0.700. The van der Waals surface area contributed by atoms with E-state index in [-0.39, 0.29) is 6.17 Å². The second kappa shape index (κ2) is 9.15. The maximum atomic E-state index is 12.8. The quantitative estimate of drug-likeness (QED) is 0.438. The highest BCUT2D eigenvalue weighted by Gasteiger charge is 2.45. The first-order valence-corrected chi connectivity index (χ1v) is 13.3. The lowest BCUT2D eigenvalue weighted by Gasteiger charge is -2.26. The van der Waals surface area contributed by atoms with Crippen LogP contribution < -0.4 is 9.05 Å². The molecule has 0 bridgehead atoms. The van der Waals surface area contributed by atoms with E-state index in [4.69, 9.17) is 9.05 Å². The minimum atomic E-state index is -1.92. The normalized spacial score (nSPS) is 27.5. The molecule has 4 saturated heterocycles. The third kappa shape index (κ3) is 5.01. The molecule has 1 aromatic carbocycles. The molecule has 8 nitrogen and oxygen atoms in total. The number of rotatable bonds is 8. The molecule has 10 heteroatoms. The zero-order valence-electron chi connectivity index (χ0n) is 17.3. The van der Waals surface area contributed by atoms with Crippen LogP contribution in [-0.4, -0.2) is 77.2 Å². The molecule has 3 atom stereocenters. The molecular formula is C20H30N4O4P2+2. The number of hydrogen-bond acceptors (Lipinski definition) is 6. The molecule has 0 N–H and O–H groups in total. The van der Waals surface area contributed by atoms with Crippen LogP contribution in [0.3, 0.4) is 0 Å². The number of nitrogens with zero attached hydrogens (tertiary/aromatic N) is 4. The zero-order valence-corrected chi connectivity index (χ0v) is 19.1. The molecule has 4 fully saturated rings. The Morgan fingerprint density at radius 2 is 1.30 bits per heavy atom. The molecule has 1 aromatic rings. The summed E-state index contributed by atoms with van der Waals surface area (Å²) in [5.41, 5.74) is 0. The van der Waals surface area contributed by atoms with Crippen molar-refractivity contribution in [3.63, 3.8) is 0 Å².